The highest BCUT2D eigenvalue weighted by Gasteiger charge is 2.47. The van der Waals surface area contributed by atoms with E-state index in [9.17, 15) is 5.11 Å². The molecule has 0 amide bonds. The maximum atomic E-state index is 11.0. The molecule has 1 saturated heterocycles. The molecular formula is C30H42O6. The molecule has 0 radical (unpaired) electrons. The quantitative estimate of drug-likeness (QED) is 0.518. The monoisotopic (exact) mass is 498 g/mol. The van der Waals surface area contributed by atoms with Crippen LogP contribution in [0, 0.1) is 0 Å². The predicted molar refractivity (Wildman–Crippen MR) is 139 cm³/mol. The van der Waals surface area contributed by atoms with E-state index in [4.69, 9.17) is 23.7 Å². The van der Waals surface area contributed by atoms with Gasteiger partial charge < -0.3 is 28.8 Å². The van der Waals surface area contributed by atoms with Gasteiger partial charge >= 0.3 is 0 Å². The zero-order chi connectivity index (χ0) is 25.2. The van der Waals surface area contributed by atoms with Gasteiger partial charge in [-0.2, -0.15) is 0 Å². The minimum absolute atomic E-state index is 0.306. The Hall–Kier alpha value is -1.80. The first-order valence-corrected chi connectivity index (χ1v) is 13.6. The van der Waals surface area contributed by atoms with Crippen LogP contribution in [0.1, 0.15) is 61.8 Å². The summed E-state index contributed by atoms with van der Waals surface area (Å²) in [6, 6.07) is 16.9. The third-order valence-electron chi connectivity index (χ3n) is 7.10. The van der Waals surface area contributed by atoms with Crippen LogP contribution in [-0.4, -0.2) is 55.6 Å². The predicted octanol–water partition coefficient (Wildman–Crippen LogP) is 4.98. The molecule has 2 bridgehead atoms. The van der Waals surface area contributed by atoms with Crippen molar-refractivity contribution in [2.45, 2.75) is 96.3 Å². The van der Waals surface area contributed by atoms with Gasteiger partial charge in [0, 0.05) is 13.2 Å². The number of aryl methyl sites for hydroxylation is 2. The number of hydrogen-bond acceptors (Lipinski definition) is 6. The van der Waals surface area contributed by atoms with Crippen molar-refractivity contribution >= 4 is 0 Å². The molecule has 3 unspecified atom stereocenters. The van der Waals surface area contributed by atoms with E-state index in [1.165, 1.54) is 16.7 Å². The SMILES string of the molecule is CCCCO[C@@H]1C(O)OC2COCc3ccccc3CCc3ccccc3COC1[C@@H]2OCCCC. The van der Waals surface area contributed by atoms with E-state index in [-0.39, 0.29) is 0 Å². The molecular weight excluding hydrogens is 456 g/mol. The number of ether oxygens (including phenoxy) is 5. The Balaban J connectivity index is 1.64. The van der Waals surface area contributed by atoms with Gasteiger partial charge in [0.25, 0.3) is 0 Å². The lowest BCUT2D eigenvalue weighted by molar-refractivity contribution is -0.314. The van der Waals surface area contributed by atoms with Crippen LogP contribution >= 0.6 is 0 Å². The first-order chi connectivity index (χ1) is 17.7. The standard InChI is InChI=1S/C30H42O6/c1-3-5-17-33-27-26-21-32-19-24-13-9-7-11-22(24)15-16-23-12-8-10-14-25(23)20-35-28(27)29(30(31)36-26)34-18-6-4-2/h7-14,26-31H,3-6,15-21H2,1-2H3/t26?,27-,28?,29+,30?/m1/s1. The first kappa shape index (κ1) is 27.2. The summed E-state index contributed by atoms with van der Waals surface area (Å²) >= 11 is 0. The third kappa shape index (κ3) is 7.15. The van der Waals surface area contributed by atoms with E-state index in [1.54, 1.807) is 0 Å². The lowest BCUT2D eigenvalue weighted by Gasteiger charge is -2.44. The fourth-order valence-electron chi connectivity index (χ4n) is 4.95. The number of aliphatic hydroxyl groups excluding tert-OH is 1. The molecule has 6 heteroatoms. The summed E-state index contributed by atoms with van der Waals surface area (Å²) in [6.45, 7) is 6.61. The van der Waals surface area contributed by atoms with Crippen LogP contribution in [0.5, 0.6) is 0 Å². The summed E-state index contributed by atoms with van der Waals surface area (Å²) in [6.07, 6.45) is 2.67. The van der Waals surface area contributed by atoms with Crippen molar-refractivity contribution < 1.29 is 28.8 Å². The number of hydrogen-bond donors (Lipinski definition) is 1. The lowest BCUT2D eigenvalue weighted by atomic mass is 9.96. The molecule has 5 atom stereocenters. The number of fused-ring (bicyclic) bond motifs is 4. The van der Waals surface area contributed by atoms with Crippen LogP contribution < -0.4 is 0 Å². The van der Waals surface area contributed by atoms with E-state index in [2.05, 4.69) is 62.4 Å². The molecule has 2 aromatic carbocycles. The summed E-state index contributed by atoms with van der Waals surface area (Å²) in [4.78, 5) is 0. The Morgan fingerprint density at radius 1 is 0.778 bits per heavy atom. The van der Waals surface area contributed by atoms with Crippen LogP contribution in [0.25, 0.3) is 0 Å². The molecule has 0 aromatic heterocycles. The Morgan fingerprint density at radius 2 is 1.33 bits per heavy atom. The van der Waals surface area contributed by atoms with Crippen LogP contribution in [-0.2, 0) is 49.7 Å². The third-order valence-corrected chi connectivity index (χ3v) is 7.10. The maximum Gasteiger partial charge on any atom is 0.184 e. The van der Waals surface area contributed by atoms with Crippen LogP contribution in [0.15, 0.2) is 48.5 Å². The molecule has 0 saturated carbocycles. The summed E-state index contributed by atoms with van der Waals surface area (Å²) in [5.74, 6) is 0. The molecule has 198 valence electrons. The molecule has 1 fully saturated rings. The lowest BCUT2D eigenvalue weighted by Crippen LogP contribution is -2.61. The van der Waals surface area contributed by atoms with Gasteiger partial charge in [-0.25, -0.2) is 0 Å². The van der Waals surface area contributed by atoms with Gasteiger partial charge in [0.1, 0.15) is 24.4 Å². The molecule has 2 heterocycles. The average molecular weight is 499 g/mol. The molecule has 0 spiro atoms. The first-order valence-electron chi connectivity index (χ1n) is 13.6. The number of benzene rings is 2. The second kappa shape index (κ2) is 14.2. The average Bonchev–Trinajstić information content (AvgIpc) is 2.89. The van der Waals surface area contributed by atoms with E-state index in [0.29, 0.717) is 33.0 Å². The zero-order valence-electron chi connectivity index (χ0n) is 21.8. The highest BCUT2D eigenvalue weighted by atomic mass is 16.7. The van der Waals surface area contributed by atoms with Gasteiger partial charge in [-0.3, -0.25) is 0 Å². The van der Waals surface area contributed by atoms with Crippen molar-refractivity contribution in [3.8, 4) is 0 Å². The van der Waals surface area contributed by atoms with Gasteiger partial charge in [-0.15, -0.1) is 0 Å². The second-order valence-electron chi connectivity index (χ2n) is 9.77. The maximum absolute atomic E-state index is 11.0. The van der Waals surface area contributed by atoms with Crippen molar-refractivity contribution in [2.75, 3.05) is 19.8 Å². The fraction of sp³-hybridized carbons (Fsp3) is 0.600. The van der Waals surface area contributed by atoms with Gasteiger partial charge in [-0.05, 0) is 47.9 Å². The Morgan fingerprint density at radius 3 is 1.94 bits per heavy atom. The van der Waals surface area contributed by atoms with Gasteiger partial charge in [0.05, 0.1) is 19.8 Å². The summed E-state index contributed by atoms with van der Waals surface area (Å²) in [7, 11) is 0. The molecule has 0 aliphatic carbocycles. The Bertz CT molecular complexity index is 918. The highest BCUT2D eigenvalue weighted by molar-refractivity contribution is 5.31. The van der Waals surface area contributed by atoms with Crippen LogP contribution in [0.4, 0.5) is 0 Å². The molecule has 2 aliphatic heterocycles. The minimum Gasteiger partial charge on any atom is -0.374 e. The van der Waals surface area contributed by atoms with E-state index >= 15 is 0 Å². The van der Waals surface area contributed by atoms with Crippen molar-refractivity contribution in [1.82, 2.24) is 0 Å². The Kier molecular flexibility index (Phi) is 10.8. The normalized spacial score (nSPS) is 27.0. The van der Waals surface area contributed by atoms with Crippen molar-refractivity contribution in [1.29, 1.82) is 0 Å². The van der Waals surface area contributed by atoms with Crippen molar-refractivity contribution in [2.24, 2.45) is 0 Å². The largest absolute Gasteiger partial charge is 0.374 e. The minimum atomic E-state index is -1.11. The summed E-state index contributed by atoms with van der Waals surface area (Å²) in [5, 5.41) is 11.0. The van der Waals surface area contributed by atoms with Crippen LogP contribution in [0.2, 0.25) is 0 Å². The Labute approximate surface area is 215 Å². The van der Waals surface area contributed by atoms with Gasteiger partial charge in [0.2, 0.25) is 0 Å². The van der Waals surface area contributed by atoms with Gasteiger partial charge in [-0.1, -0.05) is 75.2 Å². The van der Waals surface area contributed by atoms with Crippen LogP contribution in [0.3, 0.4) is 0 Å². The molecule has 2 aromatic rings. The van der Waals surface area contributed by atoms with Gasteiger partial charge in [0.15, 0.2) is 6.29 Å². The number of aliphatic hydroxyl groups is 1. The summed E-state index contributed by atoms with van der Waals surface area (Å²) in [5.41, 5.74) is 4.88. The summed E-state index contributed by atoms with van der Waals surface area (Å²) < 4.78 is 31.3. The van der Waals surface area contributed by atoms with E-state index in [1.807, 2.05) is 0 Å². The smallest absolute Gasteiger partial charge is 0.184 e. The molecule has 6 nitrogen and oxygen atoms in total. The molecule has 4 rings (SSSR count). The second-order valence-corrected chi connectivity index (χ2v) is 9.77. The van der Waals surface area contributed by atoms with E-state index in [0.717, 1.165) is 44.1 Å². The molecule has 1 N–H and O–H groups in total. The number of rotatable bonds is 8. The van der Waals surface area contributed by atoms with Crippen molar-refractivity contribution in [3.05, 3.63) is 70.8 Å². The fourth-order valence-corrected chi connectivity index (χ4v) is 4.95. The molecule has 2 aliphatic rings. The van der Waals surface area contributed by atoms with E-state index < -0.39 is 30.7 Å². The topological polar surface area (TPSA) is 66.4 Å². The number of unbranched alkanes of at least 4 members (excludes halogenated alkanes) is 2. The molecule has 36 heavy (non-hydrogen) atoms. The van der Waals surface area contributed by atoms with Crippen molar-refractivity contribution in [3.63, 3.8) is 0 Å². The zero-order valence-corrected chi connectivity index (χ0v) is 21.8. The highest BCUT2D eigenvalue weighted by Crippen LogP contribution is 2.30.